The summed E-state index contributed by atoms with van der Waals surface area (Å²) in [6, 6.07) is 22.6. The van der Waals surface area contributed by atoms with Gasteiger partial charge in [0.15, 0.2) is 0 Å². The van der Waals surface area contributed by atoms with E-state index < -0.39 is 16.1 Å². The Labute approximate surface area is 229 Å². The van der Waals surface area contributed by atoms with Gasteiger partial charge in [-0.2, -0.15) is 5.10 Å². The second kappa shape index (κ2) is 13.1. The average Bonchev–Trinajstić information content (AvgIpc) is 3.19. The third kappa shape index (κ3) is 7.68. The number of aryl methyl sites for hydroxylation is 2. The number of carbonyl (C=O) groups excluding carboxylic acids is 1. The summed E-state index contributed by atoms with van der Waals surface area (Å²) >= 11 is 0. The van der Waals surface area contributed by atoms with Gasteiger partial charge in [-0.15, -0.1) is 0 Å². The van der Waals surface area contributed by atoms with Crippen molar-refractivity contribution in [2.24, 2.45) is 0 Å². The van der Waals surface area contributed by atoms with Gasteiger partial charge in [-0.1, -0.05) is 42.0 Å². The Bertz CT molecular complexity index is 1500. The lowest BCUT2D eigenvalue weighted by Gasteiger charge is -2.08. The number of carboxylic acid groups (broad SMARTS) is 1. The molecule has 4 N–H and O–H groups in total. The van der Waals surface area contributed by atoms with Crippen LogP contribution in [-0.2, 0) is 16.4 Å². The zero-order valence-electron chi connectivity index (χ0n) is 22.6. The normalized spacial score (nSPS) is 10.9. The molecule has 1 amide bonds. The number of amides is 1. The maximum atomic E-state index is 11.2. The van der Waals surface area contributed by atoms with Crippen molar-refractivity contribution < 1.29 is 28.8 Å². The molecule has 0 unspecified atom stereocenters. The molecule has 0 saturated heterocycles. The minimum atomic E-state index is -3.99. The van der Waals surface area contributed by atoms with Gasteiger partial charge in [0, 0.05) is 17.7 Å². The number of sulfonamides is 1. The molecule has 206 valence electrons. The predicted molar refractivity (Wildman–Crippen MR) is 148 cm³/mol. The van der Waals surface area contributed by atoms with Gasteiger partial charge in [0.05, 0.1) is 29.4 Å². The fourth-order valence-corrected chi connectivity index (χ4v) is 4.92. The lowest BCUT2D eigenvalue weighted by Crippen LogP contribution is -2.51. The Morgan fingerprint density at radius 1 is 0.974 bits per heavy atom. The van der Waals surface area contributed by atoms with E-state index in [1.165, 1.54) is 33.5 Å². The smallest absolute Gasteiger partial charge is 0.262 e. The van der Waals surface area contributed by atoms with E-state index in [0.717, 1.165) is 41.4 Å². The summed E-state index contributed by atoms with van der Waals surface area (Å²) < 4.78 is 31.3. The summed E-state index contributed by atoms with van der Waals surface area (Å²) in [6.45, 7) is 9.57. The number of hydrogen-bond acceptors (Lipinski definition) is 6. The Hall–Kier alpha value is -4.15. The predicted octanol–water partition coefficient (Wildman–Crippen LogP) is 2.96. The molecule has 0 bridgehead atoms. The number of nitrogens with one attached hydrogen (secondary N) is 1. The maximum Gasteiger partial charge on any atom is 0.262 e. The lowest BCUT2D eigenvalue weighted by molar-refractivity contribution is -0.366. The van der Waals surface area contributed by atoms with Gasteiger partial charge < -0.3 is 20.4 Å². The van der Waals surface area contributed by atoms with E-state index in [0.29, 0.717) is 6.61 Å². The molecular formula is C29H34N4O5S. The Morgan fingerprint density at radius 3 is 2.13 bits per heavy atom. The highest BCUT2D eigenvalue weighted by Crippen LogP contribution is 2.30. The van der Waals surface area contributed by atoms with Crippen molar-refractivity contribution in [3.63, 3.8) is 0 Å². The molecule has 4 rings (SSSR count). The van der Waals surface area contributed by atoms with E-state index in [4.69, 9.17) is 9.84 Å². The third-order valence-electron chi connectivity index (χ3n) is 5.94. The number of benzene rings is 3. The van der Waals surface area contributed by atoms with Crippen molar-refractivity contribution in [1.82, 2.24) is 14.5 Å². The molecule has 0 atom stereocenters. The van der Waals surface area contributed by atoms with Crippen LogP contribution < -0.4 is 20.3 Å². The van der Waals surface area contributed by atoms with Crippen LogP contribution in [0.15, 0.2) is 77.7 Å². The summed E-state index contributed by atoms with van der Waals surface area (Å²) in [4.78, 5) is 9.95. The first kappa shape index (κ1) is 29.4. The van der Waals surface area contributed by atoms with E-state index in [-0.39, 0.29) is 4.90 Å². The molecule has 39 heavy (non-hydrogen) atoms. The Morgan fingerprint density at radius 2 is 1.59 bits per heavy atom. The van der Waals surface area contributed by atoms with Crippen LogP contribution in [0.25, 0.3) is 16.8 Å². The fraction of sp³-hybridized carbons (Fsp3) is 0.241. The SMILES string of the molecule is CCOc1ccc(-c2c(C)nn(-c3ccc(CC[NH3+])cc3)c2C)cc1.Cc1ccc(S(=O)(=O)NC(=O)[O-])cc1. The number of nitrogens with zero attached hydrogens (tertiary/aromatic N) is 2. The molecule has 10 heteroatoms. The Balaban J connectivity index is 0.000000255. The van der Waals surface area contributed by atoms with Crippen molar-refractivity contribution in [3.05, 3.63) is 95.3 Å². The van der Waals surface area contributed by atoms with Crippen LogP contribution in [0.2, 0.25) is 0 Å². The van der Waals surface area contributed by atoms with Gasteiger partial charge in [0.1, 0.15) is 11.8 Å². The van der Waals surface area contributed by atoms with Gasteiger partial charge in [0.25, 0.3) is 10.0 Å². The summed E-state index contributed by atoms with van der Waals surface area (Å²) in [7, 11) is -3.99. The molecule has 0 fully saturated rings. The monoisotopic (exact) mass is 550 g/mol. The Kier molecular flexibility index (Phi) is 9.86. The highest BCUT2D eigenvalue weighted by atomic mass is 32.2. The summed E-state index contributed by atoms with van der Waals surface area (Å²) in [6.07, 6.45) is -0.833. The molecular weight excluding hydrogens is 516 g/mol. The fourth-order valence-electron chi connectivity index (χ4n) is 4.09. The first-order valence-electron chi connectivity index (χ1n) is 12.5. The minimum absolute atomic E-state index is 0.104. The largest absolute Gasteiger partial charge is 0.529 e. The molecule has 9 nitrogen and oxygen atoms in total. The standard InChI is InChI=1S/C21H25N3O.C8H9NO4S/c1-4-25-20-11-7-18(8-12-20)21-15(2)23-24(16(21)3)19-9-5-17(6-10-19)13-14-22;1-6-2-4-7(5-3-6)14(12,13)9-8(10)11/h5-12H,4,13-14,22H2,1-3H3;2-5,9H,1H3,(H,10,11). The topological polar surface area (TPSA) is 141 Å². The highest BCUT2D eigenvalue weighted by molar-refractivity contribution is 7.90. The first-order chi connectivity index (χ1) is 18.6. The second-order valence-corrected chi connectivity index (χ2v) is 10.6. The maximum absolute atomic E-state index is 11.2. The summed E-state index contributed by atoms with van der Waals surface area (Å²) in [5, 5.41) is 14.8. The molecule has 0 saturated carbocycles. The first-order valence-corrected chi connectivity index (χ1v) is 14.0. The summed E-state index contributed by atoms with van der Waals surface area (Å²) in [5.41, 5.74) is 11.7. The van der Waals surface area contributed by atoms with Crippen LogP contribution in [0.1, 0.15) is 29.4 Å². The van der Waals surface area contributed by atoms with Crippen molar-refractivity contribution in [1.29, 1.82) is 0 Å². The summed E-state index contributed by atoms with van der Waals surface area (Å²) in [5.74, 6) is 0.898. The molecule has 0 radical (unpaired) electrons. The zero-order valence-corrected chi connectivity index (χ0v) is 23.4. The van der Waals surface area contributed by atoms with Crippen LogP contribution in [-0.4, -0.2) is 37.4 Å². The molecule has 0 aliphatic rings. The third-order valence-corrected chi connectivity index (χ3v) is 7.27. The van der Waals surface area contributed by atoms with Crippen LogP contribution in [0.5, 0.6) is 5.75 Å². The van der Waals surface area contributed by atoms with Crippen LogP contribution >= 0.6 is 0 Å². The molecule has 4 aromatic rings. The van der Waals surface area contributed by atoms with E-state index >= 15 is 0 Å². The van der Waals surface area contributed by atoms with Gasteiger partial charge in [-0.3, -0.25) is 4.72 Å². The zero-order chi connectivity index (χ0) is 28.6. The van der Waals surface area contributed by atoms with Gasteiger partial charge in [0.2, 0.25) is 0 Å². The van der Waals surface area contributed by atoms with E-state index in [9.17, 15) is 18.3 Å². The number of rotatable bonds is 8. The van der Waals surface area contributed by atoms with Crippen molar-refractivity contribution in [2.75, 3.05) is 13.2 Å². The van der Waals surface area contributed by atoms with Crippen molar-refractivity contribution in [3.8, 4) is 22.6 Å². The van der Waals surface area contributed by atoms with E-state index in [2.05, 4.69) is 56.0 Å². The number of quaternary nitrogens is 1. The molecule has 1 aromatic heterocycles. The van der Waals surface area contributed by atoms with Gasteiger partial charge in [-0.05, 0) is 75.2 Å². The molecule has 0 aliphatic heterocycles. The molecule has 1 heterocycles. The minimum Gasteiger partial charge on any atom is -0.529 e. The lowest BCUT2D eigenvalue weighted by atomic mass is 10.0. The number of ether oxygens (including phenoxy) is 1. The molecule has 0 spiro atoms. The second-order valence-electron chi connectivity index (χ2n) is 8.89. The number of hydrogen-bond donors (Lipinski definition) is 2. The average molecular weight is 551 g/mol. The van der Waals surface area contributed by atoms with Gasteiger partial charge in [-0.25, -0.2) is 13.1 Å². The van der Waals surface area contributed by atoms with Crippen LogP contribution in [0, 0.1) is 20.8 Å². The highest BCUT2D eigenvalue weighted by Gasteiger charge is 2.15. The number of aromatic nitrogens is 2. The van der Waals surface area contributed by atoms with E-state index in [1.54, 1.807) is 19.1 Å². The van der Waals surface area contributed by atoms with Crippen molar-refractivity contribution >= 4 is 16.1 Å². The van der Waals surface area contributed by atoms with Gasteiger partial charge >= 0.3 is 0 Å². The number of carbonyl (C=O) groups is 1. The molecule has 0 aliphatic carbocycles. The van der Waals surface area contributed by atoms with Crippen LogP contribution in [0.4, 0.5) is 4.79 Å². The molecule has 3 aromatic carbocycles. The van der Waals surface area contributed by atoms with Crippen LogP contribution in [0.3, 0.4) is 0 Å². The quantitative estimate of drug-likeness (QED) is 0.346. The van der Waals surface area contributed by atoms with E-state index in [1.807, 2.05) is 23.7 Å². The van der Waals surface area contributed by atoms with Crippen molar-refractivity contribution in [2.45, 2.75) is 39.0 Å².